The molecule has 0 aromatic heterocycles. The molecule has 9 heteroatoms. The van der Waals surface area contributed by atoms with Crippen molar-refractivity contribution < 1.29 is 19.5 Å². The van der Waals surface area contributed by atoms with Gasteiger partial charge in [0.05, 0.1) is 5.33 Å². The number of β-lactam (4-membered cyclic amide) rings is 1. The zero-order valence-corrected chi connectivity index (χ0v) is 12.2. The van der Waals surface area contributed by atoms with Crippen LogP contribution in [0.15, 0.2) is 0 Å². The Morgan fingerprint density at radius 1 is 1.53 bits per heavy atom. The number of aliphatic carboxylic acids is 1. The summed E-state index contributed by atoms with van der Waals surface area (Å²) >= 11 is 4.42. The van der Waals surface area contributed by atoms with Gasteiger partial charge in [-0.2, -0.15) is 0 Å². The van der Waals surface area contributed by atoms with Gasteiger partial charge in [0.15, 0.2) is 0 Å². The number of halogens is 1. The quantitative estimate of drug-likeness (QED) is 0.397. The van der Waals surface area contributed by atoms with Crippen molar-refractivity contribution in [1.29, 1.82) is 0 Å². The van der Waals surface area contributed by atoms with Crippen LogP contribution in [0.1, 0.15) is 13.8 Å². The zero-order valence-electron chi connectivity index (χ0n) is 9.84. The number of hydrogen-bond donors (Lipinski definition) is 2. The SMILES string of the molecule is CC1(C)S[C@@H]2C(NC(=O)CBr)C(=O)N2[C@H]1C(=O)O.[NaH]. The molecule has 19 heavy (non-hydrogen) atoms. The van der Waals surface area contributed by atoms with E-state index in [1.807, 2.05) is 0 Å². The average molecular weight is 361 g/mol. The van der Waals surface area contributed by atoms with Crippen molar-refractivity contribution >= 4 is 75.0 Å². The number of amides is 2. The molecule has 0 aromatic rings. The fourth-order valence-electron chi connectivity index (χ4n) is 2.36. The Morgan fingerprint density at radius 3 is 2.58 bits per heavy atom. The van der Waals surface area contributed by atoms with Crippen LogP contribution in [0.4, 0.5) is 0 Å². The van der Waals surface area contributed by atoms with E-state index in [1.54, 1.807) is 13.8 Å². The molecule has 2 N–H and O–H groups in total. The molecule has 0 radical (unpaired) electrons. The number of fused-ring (bicyclic) bond motifs is 1. The molecule has 2 aliphatic rings. The van der Waals surface area contributed by atoms with Crippen molar-refractivity contribution in [2.75, 3.05) is 5.33 Å². The number of nitrogens with zero attached hydrogens (tertiary/aromatic N) is 1. The van der Waals surface area contributed by atoms with Crippen LogP contribution in [-0.2, 0) is 14.4 Å². The third-order valence-electron chi connectivity index (χ3n) is 3.11. The third-order valence-corrected chi connectivity index (χ3v) is 5.19. The number of carbonyl (C=O) groups is 3. The second-order valence-corrected chi connectivity index (χ2v) is 7.11. The number of carboxylic acids is 1. The van der Waals surface area contributed by atoms with Gasteiger partial charge in [0.25, 0.3) is 0 Å². The Hall–Kier alpha value is 0.240. The number of alkyl halides is 1. The molecule has 0 bridgehead atoms. The third kappa shape index (κ3) is 2.83. The van der Waals surface area contributed by atoms with Gasteiger partial charge in [0.2, 0.25) is 11.8 Å². The number of thioether (sulfide) groups is 1. The molecule has 0 aliphatic carbocycles. The number of hydrogen-bond acceptors (Lipinski definition) is 4. The molecule has 102 valence electrons. The second-order valence-electron chi connectivity index (χ2n) is 4.78. The molecule has 0 saturated carbocycles. The van der Waals surface area contributed by atoms with Gasteiger partial charge in [-0.3, -0.25) is 9.59 Å². The van der Waals surface area contributed by atoms with Crippen molar-refractivity contribution in [2.24, 2.45) is 0 Å². The van der Waals surface area contributed by atoms with Crippen molar-refractivity contribution in [3.8, 4) is 0 Å². The molecule has 0 spiro atoms. The van der Waals surface area contributed by atoms with E-state index in [2.05, 4.69) is 21.2 Å². The van der Waals surface area contributed by atoms with Gasteiger partial charge < -0.3 is 15.3 Å². The van der Waals surface area contributed by atoms with Crippen LogP contribution < -0.4 is 5.32 Å². The maximum atomic E-state index is 11.9. The minimum atomic E-state index is -1.01. The van der Waals surface area contributed by atoms with Crippen molar-refractivity contribution in [3.05, 3.63) is 0 Å². The van der Waals surface area contributed by atoms with Crippen LogP contribution >= 0.6 is 27.7 Å². The van der Waals surface area contributed by atoms with E-state index in [0.717, 1.165) is 0 Å². The van der Waals surface area contributed by atoms with E-state index in [9.17, 15) is 19.5 Å². The van der Waals surface area contributed by atoms with E-state index in [4.69, 9.17) is 0 Å². The molecule has 2 aliphatic heterocycles. The van der Waals surface area contributed by atoms with E-state index >= 15 is 0 Å². The fourth-order valence-corrected chi connectivity index (χ4v) is 4.14. The standard InChI is InChI=1S/C10H13BrN2O4S.Na.H/c1-10(2)6(9(16)17)13-7(15)5(8(13)18-10)12-4(14)3-11;;/h5-6,8H,3H2,1-2H3,(H,12,14)(H,16,17);;/t5?,6-,8+;;/m0../s1. The van der Waals surface area contributed by atoms with Crippen LogP contribution in [-0.4, -0.2) is 84.9 Å². The first-order valence-electron chi connectivity index (χ1n) is 5.37. The van der Waals surface area contributed by atoms with E-state index < -0.39 is 22.8 Å². The Labute approximate surface area is 145 Å². The van der Waals surface area contributed by atoms with Gasteiger partial charge in [0, 0.05) is 4.75 Å². The number of carbonyl (C=O) groups excluding carboxylic acids is 2. The van der Waals surface area contributed by atoms with Crippen LogP contribution in [0.5, 0.6) is 0 Å². The van der Waals surface area contributed by atoms with Gasteiger partial charge >= 0.3 is 35.5 Å². The number of carboxylic acid groups (broad SMARTS) is 1. The van der Waals surface area contributed by atoms with Crippen molar-refractivity contribution in [2.45, 2.75) is 36.1 Å². The topological polar surface area (TPSA) is 86.7 Å². The van der Waals surface area contributed by atoms with E-state index in [1.165, 1.54) is 16.7 Å². The normalized spacial score (nSPS) is 31.0. The van der Waals surface area contributed by atoms with Crippen LogP contribution in [0.25, 0.3) is 0 Å². The first-order chi connectivity index (χ1) is 8.29. The van der Waals surface area contributed by atoms with Gasteiger partial charge in [-0.1, -0.05) is 15.9 Å². The molecular formula is C10H14BrN2NaO4S. The van der Waals surface area contributed by atoms with Crippen molar-refractivity contribution in [1.82, 2.24) is 10.2 Å². The molecular weight excluding hydrogens is 347 g/mol. The zero-order chi connectivity index (χ0) is 13.7. The number of rotatable bonds is 3. The Bertz CT molecular complexity index is 434. The molecule has 2 saturated heterocycles. The summed E-state index contributed by atoms with van der Waals surface area (Å²) < 4.78 is -0.556. The molecule has 2 fully saturated rings. The van der Waals surface area contributed by atoms with Crippen molar-refractivity contribution in [3.63, 3.8) is 0 Å². The molecule has 2 amide bonds. The summed E-state index contributed by atoms with van der Waals surface area (Å²) in [4.78, 5) is 35.8. The summed E-state index contributed by atoms with van der Waals surface area (Å²) in [7, 11) is 0. The molecule has 2 heterocycles. The van der Waals surface area contributed by atoms with E-state index in [0.29, 0.717) is 0 Å². The number of nitrogens with one attached hydrogen (secondary N) is 1. The van der Waals surface area contributed by atoms with E-state index in [-0.39, 0.29) is 52.1 Å². The average Bonchev–Trinajstić information content (AvgIpc) is 2.54. The first kappa shape index (κ1) is 17.3. The predicted octanol–water partition coefficient (Wildman–Crippen LogP) is -0.636. The first-order valence-corrected chi connectivity index (χ1v) is 7.38. The Morgan fingerprint density at radius 2 is 2.11 bits per heavy atom. The minimum absolute atomic E-state index is 0. The van der Waals surface area contributed by atoms with Gasteiger partial charge in [0.1, 0.15) is 17.5 Å². The summed E-state index contributed by atoms with van der Waals surface area (Å²) in [5, 5.41) is 11.6. The summed E-state index contributed by atoms with van der Waals surface area (Å²) in [6.45, 7) is 3.59. The Balaban J connectivity index is 0.00000180. The molecule has 2 rings (SSSR count). The predicted molar refractivity (Wildman–Crippen MR) is 76.6 cm³/mol. The molecule has 3 atom stereocenters. The monoisotopic (exact) mass is 360 g/mol. The summed E-state index contributed by atoms with van der Waals surface area (Å²) in [5.74, 6) is -1.60. The summed E-state index contributed by atoms with van der Waals surface area (Å²) in [6.07, 6.45) is 0. The van der Waals surface area contributed by atoms with Crippen LogP contribution in [0, 0.1) is 0 Å². The van der Waals surface area contributed by atoms with Gasteiger partial charge in [-0.15, -0.1) is 11.8 Å². The Kier molecular flexibility index (Phi) is 5.40. The second kappa shape index (κ2) is 5.93. The molecule has 0 aromatic carbocycles. The summed E-state index contributed by atoms with van der Waals surface area (Å²) in [5.41, 5.74) is 0. The molecule has 6 nitrogen and oxygen atoms in total. The van der Waals surface area contributed by atoms with Gasteiger partial charge in [-0.25, -0.2) is 4.79 Å². The fraction of sp³-hybridized carbons (Fsp3) is 0.700. The maximum absolute atomic E-state index is 11.9. The van der Waals surface area contributed by atoms with Crippen LogP contribution in [0.3, 0.4) is 0 Å². The van der Waals surface area contributed by atoms with Gasteiger partial charge in [-0.05, 0) is 13.8 Å². The van der Waals surface area contributed by atoms with Crippen LogP contribution in [0.2, 0.25) is 0 Å². The summed E-state index contributed by atoms with van der Waals surface area (Å²) in [6, 6.07) is -1.44. The molecule has 1 unspecified atom stereocenters.